The van der Waals surface area contributed by atoms with Gasteiger partial charge in [0.1, 0.15) is 5.75 Å². The lowest BCUT2D eigenvalue weighted by Gasteiger charge is -2.25. The van der Waals surface area contributed by atoms with Gasteiger partial charge >= 0.3 is 6.09 Å². The van der Waals surface area contributed by atoms with Crippen molar-refractivity contribution in [3.8, 4) is 17.3 Å². The van der Waals surface area contributed by atoms with Crippen molar-refractivity contribution in [2.75, 3.05) is 33.1 Å². The summed E-state index contributed by atoms with van der Waals surface area (Å²) in [6.45, 7) is 15.5. The van der Waals surface area contributed by atoms with Gasteiger partial charge in [-0.25, -0.2) is 9.48 Å². The quantitative estimate of drug-likeness (QED) is 0.390. The molecule has 0 saturated carbocycles. The lowest BCUT2D eigenvalue weighted by Crippen LogP contribution is -2.34. The van der Waals surface area contributed by atoms with Gasteiger partial charge < -0.3 is 25.0 Å². The Morgan fingerprint density at radius 1 is 1.05 bits per heavy atom. The van der Waals surface area contributed by atoms with Gasteiger partial charge in [-0.1, -0.05) is 64.0 Å². The van der Waals surface area contributed by atoms with Crippen LogP contribution in [0.4, 0.5) is 10.5 Å². The number of nitrogens with one attached hydrogen (secondary N) is 2. The van der Waals surface area contributed by atoms with Gasteiger partial charge in [0.05, 0.1) is 24.7 Å². The predicted octanol–water partition coefficient (Wildman–Crippen LogP) is 5.33. The number of aryl methyl sites for hydroxylation is 1. The van der Waals surface area contributed by atoms with Crippen LogP contribution in [0.1, 0.15) is 68.6 Å². The predicted molar refractivity (Wildman–Crippen MR) is 157 cm³/mol. The van der Waals surface area contributed by atoms with E-state index in [9.17, 15) is 9.59 Å². The zero-order chi connectivity index (χ0) is 29.8. The number of ether oxygens (including phenoxy) is 2. The molecule has 0 atom stereocenters. The Labute approximate surface area is 237 Å². The van der Waals surface area contributed by atoms with E-state index in [0.29, 0.717) is 35.8 Å². The van der Waals surface area contributed by atoms with Crippen molar-refractivity contribution in [3.05, 3.63) is 58.8 Å². The molecular formula is C30H42N6O4. The minimum absolute atomic E-state index is 0.0535. The summed E-state index contributed by atoms with van der Waals surface area (Å²) in [5.74, 6) is 0.391. The second kappa shape index (κ2) is 12.1. The van der Waals surface area contributed by atoms with Crippen molar-refractivity contribution in [2.45, 2.75) is 60.4 Å². The molecule has 0 aliphatic rings. The largest absolute Gasteiger partial charge is 0.494 e. The van der Waals surface area contributed by atoms with Gasteiger partial charge in [0.2, 0.25) is 0 Å². The van der Waals surface area contributed by atoms with E-state index < -0.39 is 6.09 Å². The van der Waals surface area contributed by atoms with Gasteiger partial charge in [0, 0.05) is 24.2 Å². The van der Waals surface area contributed by atoms with E-state index in [1.165, 1.54) is 10.9 Å². The van der Waals surface area contributed by atoms with Crippen molar-refractivity contribution in [2.24, 2.45) is 5.41 Å². The monoisotopic (exact) mass is 550 g/mol. The molecule has 0 unspecified atom stereocenters. The fraction of sp³-hybridized carbons (Fsp3) is 0.467. The first-order valence-electron chi connectivity index (χ1n) is 13.2. The van der Waals surface area contributed by atoms with Crippen LogP contribution < -0.4 is 20.1 Å². The average Bonchev–Trinajstić information content (AvgIpc) is 3.29. The van der Waals surface area contributed by atoms with Gasteiger partial charge in [-0.15, -0.1) is 0 Å². The molecule has 0 spiro atoms. The molecule has 0 aliphatic carbocycles. The van der Waals surface area contributed by atoms with Crippen LogP contribution in [0, 0.1) is 12.3 Å². The zero-order valence-corrected chi connectivity index (χ0v) is 25.3. The van der Waals surface area contributed by atoms with Crippen molar-refractivity contribution in [1.29, 1.82) is 0 Å². The molecule has 1 aromatic heterocycles. The van der Waals surface area contributed by atoms with Gasteiger partial charge in [-0.05, 0) is 61.2 Å². The smallest absolute Gasteiger partial charge is 0.414 e. The highest BCUT2D eigenvalue weighted by Gasteiger charge is 2.22. The Balaban J connectivity index is 1.87. The number of carbonyl (C=O) groups is 2. The van der Waals surface area contributed by atoms with E-state index in [1.54, 1.807) is 19.2 Å². The summed E-state index contributed by atoms with van der Waals surface area (Å²) in [5, 5.41) is 13.8. The molecule has 0 aliphatic heterocycles. The standard InChI is InChI=1S/C30H42N6O4/c1-19-11-12-20(14-24(19)36-17-25(33-34-36)40-28(38)31-18-29(2,3)4)27(37)32-23-15-22(30(5,6)7)13-21(16-35(8)9)26(23)39-10/h11-15,17H,16,18H2,1-10H3,(H,31,38)(H,32,37). The summed E-state index contributed by atoms with van der Waals surface area (Å²) < 4.78 is 12.5. The topological polar surface area (TPSA) is 111 Å². The number of carbonyl (C=O) groups excluding carboxylic acids is 2. The molecule has 3 rings (SSSR count). The first kappa shape index (κ1) is 30.6. The number of anilines is 1. The van der Waals surface area contributed by atoms with Crippen LogP contribution in [-0.2, 0) is 12.0 Å². The number of methoxy groups -OCH3 is 1. The zero-order valence-electron chi connectivity index (χ0n) is 25.3. The van der Waals surface area contributed by atoms with Crippen molar-refractivity contribution >= 4 is 17.7 Å². The van der Waals surface area contributed by atoms with Crippen LogP contribution in [0.25, 0.3) is 5.69 Å². The highest BCUT2D eigenvalue weighted by Crippen LogP contribution is 2.36. The Morgan fingerprint density at radius 2 is 1.75 bits per heavy atom. The number of rotatable bonds is 8. The number of hydrogen-bond acceptors (Lipinski definition) is 7. The maximum atomic E-state index is 13.5. The van der Waals surface area contributed by atoms with E-state index in [-0.39, 0.29) is 22.6 Å². The number of nitrogens with zero attached hydrogens (tertiary/aromatic N) is 4. The highest BCUT2D eigenvalue weighted by molar-refractivity contribution is 6.05. The van der Waals surface area contributed by atoms with Crippen molar-refractivity contribution < 1.29 is 19.1 Å². The second-order valence-corrected chi connectivity index (χ2v) is 12.5. The number of hydrogen-bond donors (Lipinski definition) is 2. The molecule has 2 amide bonds. The van der Waals surface area contributed by atoms with Crippen molar-refractivity contribution in [3.63, 3.8) is 0 Å². The first-order chi connectivity index (χ1) is 18.6. The molecule has 10 heteroatoms. The number of benzene rings is 2. The van der Waals surface area contributed by atoms with Gasteiger partial charge in [-0.2, -0.15) is 0 Å². The van der Waals surface area contributed by atoms with Crippen LogP contribution in [0.3, 0.4) is 0 Å². The number of amides is 2. The Kier molecular flexibility index (Phi) is 9.25. The van der Waals surface area contributed by atoms with Crippen LogP contribution in [0.15, 0.2) is 36.5 Å². The summed E-state index contributed by atoms with van der Waals surface area (Å²) in [6.07, 6.45) is 0.899. The molecule has 40 heavy (non-hydrogen) atoms. The molecule has 216 valence electrons. The minimum Gasteiger partial charge on any atom is -0.494 e. The van der Waals surface area contributed by atoms with E-state index >= 15 is 0 Å². The van der Waals surface area contributed by atoms with Crippen LogP contribution >= 0.6 is 0 Å². The molecule has 0 saturated heterocycles. The van der Waals surface area contributed by atoms with Crippen LogP contribution in [-0.4, -0.2) is 59.6 Å². The molecule has 1 heterocycles. The lowest BCUT2D eigenvalue weighted by molar-refractivity contribution is 0.102. The summed E-state index contributed by atoms with van der Waals surface area (Å²) >= 11 is 0. The molecule has 0 radical (unpaired) electrons. The van der Waals surface area contributed by atoms with E-state index in [1.807, 2.05) is 53.9 Å². The third kappa shape index (κ3) is 8.05. The Bertz CT molecular complexity index is 1370. The molecule has 2 N–H and O–H groups in total. The molecule has 10 nitrogen and oxygen atoms in total. The molecule has 0 bridgehead atoms. The highest BCUT2D eigenvalue weighted by atomic mass is 16.6. The molecule has 3 aromatic rings. The summed E-state index contributed by atoms with van der Waals surface area (Å²) in [4.78, 5) is 27.7. The minimum atomic E-state index is -0.605. The van der Waals surface area contributed by atoms with E-state index in [0.717, 1.165) is 16.7 Å². The summed E-state index contributed by atoms with van der Waals surface area (Å²) in [5.41, 5.74) is 4.41. The molecule has 0 fully saturated rings. The van der Waals surface area contributed by atoms with Crippen LogP contribution in [0.5, 0.6) is 11.6 Å². The van der Waals surface area contributed by atoms with E-state index in [4.69, 9.17) is 9.47 Å². The summed E-state index contributed by atoms with van der Waals surface area (Å²) in [7, 11) is 5.60. The Hall–Kier alpha value is -3.92. The molecular weight excluding hydrogens is 508 g/mol. The second-order valence-electron chi connectivity index (χ2n) is 12.5. The fourth-order valence-electron chi connectivity index (χ4n) is 3.99. The van der Waals surface area contributed by atoms with E-state index in [2.05, 4.69) is 52.7 Å². The number of aromatic nitrogens is 3. The molecule has 2 aromatic carbocycles. The van der Waals surface area contributed by atoms with Gasteiger partial charge in [-0.3, -0.25) is 4.79 Å². The Morgan fingerprint density at radius 3 is 2.35 bits per heavy atom. The maximum absolute atomic E-state index is 13.5. The van der Waals surface area contributed by atoms with Crippen molar-refractivity contribution in [1.82, 2.24) is 25.2 Å². The maximum Gasteiger partial charge on any atom is 0.414 e. The van der Waals surface area contributed by atoms with Crippen LogP contribution in [0.2, 0.25) is 0 Å². The van der Waals surface area contributed by atoms with Gasteiger partial charge in [0.15, 0.2) is 0 Å². The fourth-order valence-corrected chi connectivity index (χ4v) is 3.99. The third-order valence-corrected chi connectivity index (χ3v) is 6.12. The SMILES string of the molecule is COc1c(CN(C)C)cc(C(C)(C)C)cc1NC(=O)c1ccc(C)c(-n2cc(OC(=O)NCC(C)(C)C)nn2)c1. The lowest BCUT2D eigenvalue weighted by atomic mass is 9.85. The first-order valence-corrected chi connectivity index (χ1v) is 13.2. The average molecular weight is 551 g/mol. The normalized spacial score (nSPS) is 11.9. The summed E-state index contributed by atoms with van der Waals surface area (Å²) in [6, 6.07) is 9.42. The van der Waals surface area contributed by atoms with Gasteiger partial charge in [0.25, 0.3) is 11.8 Å². The third-order valence-electron chi connectivity index (χ3n) is 6.12.